The number of nitrogens with one attached hydrogen (secondary N) is 1. The summed E-state index contributed by atoms with van der Waals surface area (Å²) in [7, 11) is 0.831. The summed E-state index contributed by atoms with van der Waals surface area (Å²) in [4.78, 5) is 0. The molecule has 3 atom stereocenters. The number of aliphatic hydroxyl groups is 1. The Bertz CT molecular complexity index is 884. The fourth-order valence-electron chi connectivity index (χ4n) is 3.54. The molecule has 0 aliphatic heterocycles. The molecule has 0 fully saturated rings. The quantitative estimate of drug-likeness (QED) is 0.684. The SMILES string of the molecule is COc1ccccc1P(N[C@@H]1c2ccccc2CC1O)c1ccccc1. The van der Waals surface area contributed by atoms with Gasteiger partial charge in [-0.1, -0.05) is 66.7 Å². The first-order valence-electron chi connectivity index (χ1n) is 8.78. The Morgan fingerprint density at radius 1 is 0.923 bits per heavy atom. The first-order valence-corrected chi connectivity index (χ1v) is 10.1. The first-order chi connectivity index (χ1) is 12.8. The van der Waals surface area contributed by atoms with Crippen LogP contribution in [0.5, 0.6) is 5.75 Å². The van der Waals surface area contributed by atoms with E-state index in [1.165, 1.54) is 16.4 Å². The van der Waals surface area contributed by atoms with Gasteiger partial charge in [0.05, 0.1) is 19.3 Å². The van der Waals surface area contributed by atoms with Crippen molar-refractivity contribution in [3.63, 3.8) is 0 Å². The molecule has 0 aromatic heterocycles. The zero-order chi connectivity index (χ0) is 17.9. The molecule has 26 heavy (non-hydrogen) atoms. The number of methoxy groups -OCH3 is 1. The van der Waals surface area contributed by atoms with Crippen LogP contribution < -0.4 is 20.4 Å². The minimum Gasteiger partial charge on any atom is -0.496 e. The third-order valence-corrected chi connectivity index (χ3v) is 7.01. The van der Waals surface area contributed by atoms with E-state index in [0.29, 0.717) is 6.42 Å². The van der Waals surface area contributed by atoms with Crippen LogP contribution in [-0.2, 0) is 6.42 Å². The van der Waals surface area contributed by atoms with Gasteiger partial charge in [0.2, 0.25) is 0 Å². The monoisotopic (exact) mass is 363 g/mol. The van der Waals surface area contributed by atoms with Gasteiger partial charge in [-0.2, -0.15) is 0 Å². The number of hydrogen-bond acceptors (Lipinski definition) is 3. The second-order valence-electron chi connectivity index (χ2n) is 6.42. The van der Waals surface area contributed by atoms with E-state index in [0.717, 1.165) is 11.1 Å². The molecule has 132 valence electrons. The maximum absolute atomic E-state index is 10.7. The maximum Gasteiger partial charge on any atom is 0.128 e. The molecule has 3 nitrogen and oxygen atoms in total. The van der Waals surface area contributed by atoms with Gasteiger partial charge in [0.25, 0.3) is 0 Å². The zero-order valence-corrected chi connectivity index (χ0v) is 15.6. The number of fused-ring (bicyclic) bond motifs is 1. The average molecular weight is 363 g/mol. The third kappa shape index (κ3) is 3.26. The molecule has 0 spiro atoms. The molecule has 2 unspecified atom stereocenters. The van der Waals surface area contributed by atoms with Gasteiger partial charge in [-0.25, -0.2) is 0 Å². The summed E-state index contributed by atoms with van der Waals surface area (Å²) in [6, 6.07) is 26.8. The minimum atomic E-state index is -0.875. The van der Waals surface area contributed by atoms with Crippen molar-refractivity contribution < 1.29 is 9.84 Å². The van der Waals surface area contributed by atoms with E-state index in [9.17, 15) is 5.11 Å². The molecule has 4 rings (SSSR count). The lowest BCUT2D eigenvalue weighted by Crippen LogP contribution is -2.32. The lowest BCUT2D eigenvalue weighted by Gasteiger charge is -2.27. The molecule has 1 aliphatic rings. The molecule has 0 saturated heterocycles. The Morgan fingerprint density at radius 2 is 1.62 bits per heavy atom. The molecule has 3 aromatic rings. The molecule has 0 bridgehead atoms. The zero-order valence-electron chi connectivity index (χ0n) is 14.7. The van der Waals surface area contributed by atoms with E-state index in [-0.39, 0.29) is 6.04 Å². The Labute approximate surface area is 155 Å². The van der Waals surface area contributed by atoms with E-state index in [4.69, 9.17) is 4.74 Å². The third-order valence-electron chi connectivity index (χ3n) is 4.81. The fourth-order valence-corrected chi connectivity index (χ4v) is 5.79. The van der Waals surface area contributed by atoms with E-state index in [2.05, 4.69) is 47.6 Å². The van der Waals surface area contributed by atoms with Crippen LogP contribution in [0.1, 0.15) is 17.2 Å². The summed E-state index contributed by atoms with van der Waals surface area (Å²) in [5, 5.41) is 16.8. The van der Waals surface area contributed by atoms with Crippen molar-refractivity contribution >= 4 is 18.7 Å². The highest BCUT2D eigenvalue weighted by atomic mass is 31.1. The van der Waals surface area contributed by atoms with Gasteiger partial charge >= 0.3 is 0 Å². The first kappa shape index (κ1) is 17.2. The fraction of sp³-hybridized carbons (Fsp3) is 0.182. The van der Waals surface area contributed by atoms with E-state index in [1.54, 1.807) is 7.11 Å². The summed E-state index contributed by atoms with van der Waals surface area (Å²) in [6.45, 7) is 0. The van der Waals surface area contributed by atoms with E-state index >= 15 is 0 Å². The highest BCUT2D eigenvalue weighted by Crippen LogP contribution is 2.41. The van der Waals surface area contributed by atoms with Crippen LogP contribution in [0.3, 0.4) is 0 Å². The molecule has 4 heteroatoms. The van der Waals surface area contributed by atoms with E-state index < -0.39 is 14.2 Å². The Hall–Kier alpha value is -2.19. The molecule has 0 heterocycles. The predicted molar refractivity (Wildman–Crippen MR) is 108 cm³/mol. The Balaban J connectivity index is 1.75. The highest BCUT2D eigenvalue weighted by molar-refractivity contribution is 7.71. The number of benzene rings is 3. The highest BCUT2D eigenvalue weighted by Gasteiger charge is 2.33. The minimum absolute atomic E-state index is 0.0811. The average Bonchev–Trinajstić information content (AvgIpc) is 3.02. The summed E-state index contributed by atoms with van der Waals surface area (Å²) >= 11 is 0. The second kappa shape index (κ2) is 7.59. The van der Waals surface area contributed by atoms with Gasteiger partial charge in [0.1, 0.15) is 5.75 Å². The topological polar surface area (TPSA) is 41.5 Å². The van der Waals surface area contributed by atoms with Gasteiger partial charge in [-0.3, -0.25) is 5.09 Å². The summed E-state index contributed by atoms with van der Waals surface area (Å²) in [6.07, 6.45) is 0.272. The molecule has 1 aliphatic carbocycles. The van der Waals surface area contributed by atoms with Gasteiger partial charge in [0, 0.05) is 19.8 Å². The largest absolute Gasteiger partial charge is 0.496 e. The molecule has 3 aromatic carbocycles. The smallest absolute Gasteiger partial charge is 0.128 e. The number of hydrogen-bond donors (Lipinski definition) is 2. The van der Waals surface area contributed by atoms with E-state index in [1.807, 2.05) is 36.4 Å². The number of rotatable bonds is 5. The van der Waals surface area contributed by atoms with Crippen LogP contribution in [0.15, 0.2) is 78.9 Å². The van der Waals surface area contributed by atoms with Crippen molar-refractivity contribution in [2.45, 2.75) is 18.6 Å². The lowest BCUT2D eigenvalue weighted by atomic mass is 10.1. The molecule has 2 N–H and O–H groups in total. The molecule has 0 amide bonds. The summed E-state index contributed by atoms with van der Waals surface area (Å²) in [5.74, 6) is 0.871. The molecule has 0 saturated carbocycles. The Kier molecular flexibility index (Phi) is 5.03. The van der Waals surface area contributed by atoms with Crippen molar-refractivity contribution in [2.75, 3.05) is 7.11 Å². The van der Waals surface area contributed by atoms with Crippen molar-refractivity contribution in [2.24, 2.45) is 0 Å². The normalized spacial score (nSPS) is 19.8. The van der Waals surface area contributed by atoms with Crippen molar-refractivity contribution in [1.29, 1.82) is 0 Å². The van der Waals surface area contributed by atoms with Crippen LogP contribution in [0.4, 0.5) is 0 Å². The van der Waals surface area contributed by atoms with Gasteiger partial charge in [0.15, 0.2) is 0 Å². The van der Waals surface area contributed by atoms with Gasteiger partial charge in [-0.15, -0.1) is 0 Å². The van der Waals surface area contributed by atoms with Crippen LogP contribution >= 0.6 is 8.07 Å². The van der Waals surface area contributed by atoms with Crippen LogP contribution in [0, 0.1) is 0 Å². The number of aliphatic hydroxyl groups excluding tert-OH is 1. The maximum atomic E-state index is 10.7. The van der Waals surface area contributed by atoms with Crippen LogP contribution in [-0.4, -0.2) is 18.3 Å². The summed E-state index contributed by atoms with van der Waals surface area (Å²) < 4.78 is 5.62. The summed E-state index contributed by atoms with van der Waals surface area (Å²) in [5.41, 5.74) is 2.42. The van der Waals surface area contributed by atoms with Gasteiger partial charge in [-0.05, 0) is 28.6 Å². The lowest BCUT2D eigenvalue weighted by molar-refractivity contribution is 0.152. The second-order valence-corrected chi connectivity index (χ2v) is 8.35. The van der Waals surface area contributed by atoms with Crippen LogP contribution in [0.25, 0.3) is 0 Å². The van der Waals surface area contributed by atoms with Gasteiger partial charge < -0.3 is 9.84 Å². The van der Waals surface area contributed by atoms with Crippen molar-refractivity contribution in [3.05, 3.63) is 90.0 Å². The predicted octanol–water partition coefficient (Wildman–Crippen LogP) is 3.29. The number of ether oxygens (including phenoxy) is 1. The van der Waals surface area contributed by atoms with Crippen LogP contribution in [0.2, 0.25) is 0 Å². The molecular weight excluding hydrogens is 341 g/mol. The van der Waals surface area contributed by atoms with Crippen molar-refractivity contribution in [3.8, 4) is 5.75 Å². The molecular formula is C22H22NO2P. The molecule has 0 radical (unpaired) electrons. The Morgan fingerprint density at radius 3 is 2.42 bits per heavy atom. The standard InChI is InChI=1S/C22H22NO2P/c1-25-20-13-7-8-14-21(20)26(17-10-3-2-4-11-17)23-22-18-12-6-5-9-16(18)15-19(22)24/h2-14,19,22-24H,15H2,1H3/t19?,22-,26?/m1/s1. The number of para-hydroxylation sites is 1. The van der Waals surface area contributed by atoms with Crippen molar-refractivity contribution in [1.82, 2.24) is 5.09 Å².